The molecule has 0 spiro atoms. The quantitative estimate of drug-likeness (QED) is 0.775. The summed E-state index contributed by atoms with van der Waals surface area (Å²) in [5.41, 5.74) is 1.36. The fourth-order valence-electron chi connectivity index (χ4n) is 1.44. The molecule has 0 fully saturated rings. The number of hydrogen-bond acceptors (Lipinski definition) is 3. The van der Waals surface area contributed by atoms with Crippen LogP contribution in [0.25, 0.3) is 0 Å². The zero-order valence-electron chi connectivity index (χ0n) is 9.54. The van der Waals surface area contributed by atoms with Gasteiger partial charge in [0.25, 0.3) is 5.91 Å². The molecule has 0 aliphatic heterocycles. The number of aromatic nitrogens is 1. The highest BCUT2D eigenvalue weighted by Gasteiger charge is 2.11. The first-order valence-corrected chi connectivity index (χ1v) is 7.09. The summed E-state index contributed by atoms with van der Waals surface area (Å²) in [4.78, 5) is 12.0. The van der Waals surface area contributed by atoms with Crippen molar-refractivity contribution in [2.45, 2.75) is 13.5 Å². The number of rotatable bonds is 3. The Morgan fingerprint density at radius 1 is 1.50 bits per heavy atom. The molecule has 1 aromatic heterocycles. The highest BCUT2D eigenvalue weighted by atomic mass is 127. The summed E-state index contributed by atoms with van der Waals surface area (Å²) in [5.74, 6) is 0.609. The Balaban J connectivity index is 2.05. The summed E-state index contributed by atoms with van der Waals surface area (Å²) >= 11 is 5.49. The Labute approximate surface area is 126 Å². The molecule has 94 valence electrons. The van der Waals surface area contributed by atoms with Crippen molar-refractivity contribution in [3.05, 3.63) is 49.3 Å². The predicted molar refractivity (Wildman–Crippen MR) is 79.3 cm³/mol. The zero-order chi connectivity index (χ0) is 13.1. The number of carbonyl (C=O) groups is 1. The van der Waals surface area contributed by atoms with Gasteiger partial charge in [0.15, 0.2) is 0 Å². The zero-order valence-corrected chi connectivity index (χ0v) is 13.3. The van der Waals surface area contributed by atoms with Gasteiger partial charge in [0.2, 0.25) is 0 Å². The standard InChI is InChI=1S/C12H10BrIN2O2/c1-7-4-9(16-18-7)6-15-12(17)10-5-8(13)2-3-11(10)14/h2-5H,6H2,1H3,(H,15,17). The van der Waals surface area contributed by atoms with Crippen LogP contribution in [0.4, 0.5) is 0 Å². The molecule has 0 unspecified atom stereocenters. The molecule has 0 bridgehead atoms. The first kappa shape index (κ1) is 13.5. The van der Waals surface area contributed by atoms with Gasteiger partial charge < -0.3 is 9.84 Å². The minimum atomic E-state index is -0.124. The molecule has 4 nitrogen and oxygen atoms in total. The highest BCUT2D eigenvalue weighted by Crippen LogP contribution is 2.18. The number of halogens is 2. The van der Waals surface area contributed by atoms with Gasteiger partial charge in [0.05, 0.1) is 12.1 Å². The van der Waals surface area contributed by atoms with E-state index >= 15 is 0 Å². The third kappa shape index (κ3) is 3.32. The predicted octanol–water partition coefficient (Wildman–Crippen LogP) is 3.28. The van der Waals surface area contributed by atoms with Gasteiger partial charge in [-0.3, -0.25) is 4.79 Å². The Hall–Kier alpha value is -0.890. The minimum Gasteiger partial charge on any atom is -0.361 e. The van der Waals surface area contributed by atoms with E-state index in [9.17, 15) is 4.79 Å². The molecule has 18 heavy (non-hydrogen) atoms. The van der Waals surface area contributed by atoms with E-state index < -0.39 is 0 Å². The largest absolute Gasteiger partial charge is 0.361 e. The lowest BCUT2D eigenvalue weighted by molar-refractivity contribution is 0.0949. The lowest BCUT2D eigenvalue weighted by Crippen LogP contribution is -2.23. The number of benzene rings is 1. The molecule has 2 rings (SSSR count). The fourth-order valence-corrected chi connectivity index (χ4v) is 2.38. The van der Waals surface area contributed by atoms with Crippen molar-refractivity contribution in [1.82, 2.24) is 10.5 Å². The van der Waals surface area contributed by atoms with Crippen molar-refractivity contribution in [1.29, 1.82) is 0 Å². The molecule has 1 amide bonds. The first-order valence-electron chi connectivity index (χ1n) is 5.21. The maximum Gasteiger partial charge on any atom is 0.252 e. The number of nitrogens with zero attached hydrogens (tertiary/aromatic N) is 1. The van der Waals surface area contributed by atoms with Crippen molar-refractivity contribution in [3.8, 4) is 0 Å². The van der Waals surface area contributed by atoms with Gasteiger partial charge >= 0.3 is 0 Å². The molecule has 1 heterocycles. The van der Waals surface area contributed by atoms with E-state index in [0.717, 1.165) is 13.8 Å². The third-order valence-corrected chi connectivity index (χ3v) is 3.71. The molecule has 1 N–H and O–H groups in total. The van der Waals surface area contributed by atoms with Crippen molar-refractivity contribution < 1.29 is 9.32 Å². The van der Waals surface area contributed by atoms with Crippen LogP contribution in [-0.2, 0) is 6.54 Å². The SMILES string of the molecule is Cc1cc(CNC(=O)c2cc(Br)ccc2I)no1. The fraction of sp³-hybridized carbons (Fsp3) is 0.167. The molecule has 0 radical (unpaired) electrons. The second-order valence-electron chi connectivity index (χ2n) is 3.74. The average molecular weight is 421 g/mol. The van der Waals surface area contributed by atoms with Crippen LogP contribution in [0.3, 0.4) is 0 Å². The molecule has 6 heteroatoms. The van der Waals surface area contributed by atoms with Gasteiger partial charge in [-0.05, 0) is 47.7 Å². The number of nitrogens with one attached hydrogen (secondary N) is 1. The molecule has 0 aliphatic carbocycles. The molecular formula is C12H10BrIN2O2. The van der Waals surface area contributed by atoms with Gasteiger partial charge in [0, 0.05) is 14.1 Å². The third-order valence-electron chi connectivity index (χ3n) is 2.28. The van der Waals surface area contributed by atoms with Crippen LogP contribution >= 0.6 is 38.5 Å². The van der Waals surface area contributed by atoms with Gasteiger partial charge in [-0.1, -0.05) is 21.1 Å². The van der Waals surface area contributed by atoms with Crippen molar-refractivity contribution in [2.24, 2.45) is 0 Å². The Morgan fingerprint density at radius 2 is 2.28 bits per heavy atom. The lowest BCUT2D eigenvalue weighted by Gasteiger charge is -2.05. The second-order valence-corrected chi connectivity index (χ2v) is 5.81. The van der Waals surface area contributed by atoms with Crippen molar-refractivity contribution >= 4 is 44.4 Å². The van der Waals surface area contributed by atoms with Gasteiger partial charge in [0.1, 0.15) is 11.5 Å². The monoisotopic (exact) mass is 420 g/mol. The normalized spacial score (nSPS) is 10.4. The van der Waals surface area contributed by atoms with E-state index in [4.69, 9.17) is 4.52 Å². The average Bonchev–Trinajstić information content (AvgIpc) is 2.75. The van der Waals surface area contributed by atoms with E-state index in [1.807, 2.05) is 19.1 Å². The molecule has 2 aromatic rings. The van der Waals surface area contributed by atoms with E-state index in [1.165, 1.54) is 0 Å². The molecule has 0 atom stereocenters. The molecule has 0 aliphatic rings. The number of amides is 1. The number of aryl methyl sites for hydroxylation is 1. The van der Waals surface area contributed by atoms with Crippen molar-refractivity contribution in [2.75, 3.05) is 0 Å². The summed E-state index contributed by atoms with van der Waals surface area (Å²) < 4.78 is 6.72. The number of carbonyl (C=O) groups excluding carboxylic acids is 1. The molecule has 1 aromatic carbocycles. The summed E-state index contributed by atoms with van der Waals surface area (Å²) in [6, 6.07) is 7.39. The Morgan fingerprint density at radius 3 is 2.94 bits per heavy atom. The second kappa shape index (κ2) is 5.83. The first-order chi connectivity index (χ1) is 8.56. The maximum atomic E-state index is 12.0. The van der Waals surface area contributed by atoms with E-state index in [2.05, 4.69) is 49.0 Å². The van der Waals surface area contributed by atoms with Crippen LogP contribution < -0.4 is 5.32 Å². The van der Waals surface area contributed by atoms with Crippen LogP contribution in [0.5, 0.6) is 0 Å². The van der Waals surface area contributed by atoms with Crippen LogP contribution in [-0.4, -0.2) is 11.1 Å². The summed E-state index contributed by atoms with van der Waals surface area (Å²) in [6.45, 7) is 2.17. The number of hydrogen-bond donors (Lipinski definition) is 1. The Bertz CT molecular complexity index is 583. The summed E-state index contributed by atoms with van der Waals surface area (Å²) in [6.07, 6.45) is 0. The summed E-state index contributed by atoms with van der Waals surface area (Å²) in [7, 11) is 0. The van der Waals surface area contributed by atoms with Gasteiger partial charge in [-0.25, -0.2) is 0 Å². The smallest absolute Gasteiger partial charge is 0.252 e. The highest BCUT2D eigenvalue weighted by molar-refractivity contribution is 14.1. The van der Waals surface area contributed by atoms with Gasteiger partial charge in [-0.15, -0.1) is 0 Å². The molecule has 0 saturated heterocycles. The maximum absolute atomic E-state index is 12.0. The summed E-state index contributed by atoms with van der Waals surface area (Å²) in [5, 5.41) is 6.63. The van der Waals surface area contributed by atoms with Gasteiger partial charge in [-0.2, -0.15) is 0 Å². The Kier molecular flexibility index (Phi) is 4.39. The van der Waals surface area contributed by atoms with Crippen LogP contribution in [0.2, 0.25) is 0 Å². The van der Waals surface area contributed by atoms with Crippen LogP contribution in [0, 0.1) is 10.5 Å². The van der Waals surface area contributed by atoms with Crippen molar-refractivity contribution in [3.63, 3.8) is 0 Å². The van der Waals surface area contributed by atoms with E-state index in [1.54, 1.807) is 12.1 Å². The van der Waals surface area contributed by atoms with Crippen LogP contribution in [0.1, 0.15) is 21.8 Å². The van der Waals surface area contributed by atoms with E-state index in [0.29, 0.717) is 17.8 Å². The lowest BCUT2D eigenvalue weighted by atomic mass is 10.2. The van der Waals surface area contributed by atoms with E-state index in [-0.39, 0.29) is 5.91 Å². The molecular weight excluding hydrogens is 411 g/mol. The minimum absolute atomic E-state index is 0.124. The topological polar surface area (TPSA) is 55.1 Å². The van der Waals surface area contributed by atoms with Crippen LogP contribution in [0.15, 0.2) is 33.3 Å². The molecule has 0 saturated carbocycles.